The van der Waals surface area contributed by atoms with Gasteiger partial charge in [0.25, 0.3) is 5.91 Å². The standard InChI is InChI=1S/C41H47ClN10O4S/c1-25-6-5-7-32(42)38(25)48-40(56)33-22-43-41(57-33)46-34-21-35(45-26(2)44-34)50-18-16-49(17-19-50)15-4-3-8-37(54)52-24-29-20-30(52)23-51(29)28-11-9-27(10-12-28)31-13-14-36(53)47-39(31)55/h5-7,9-12,21-22,29-31H,3-4,8,13-20,23-24H2,1-2H3,(H,48,56)(H,47,53,55)(H,43,44,45,46). The number of thiazole rings is 1. The number of hydrogen-bond donors (Lipinski definition) is 3. The number of hydrogen-bond acceptors (Lipinski definition) is 12. The van der Waals surface area contributed by atoms with E-state index in [2.05, 4.69) is 57.7 Å². The molecule has 3 unspecified atom stereocenters. The first-order valence-electron chi connectivity index (χ1n) is 19.7. The zero-order valence-corrected chi connectivity index (χ0v) is 33.7. The fourth-order valence-electron chi connectivity index (χ4n) is 8.44. The van der Waals surface area contributed by atoms with E-state index < -0.39 is 0 Å². The molecule has 8 rings (SSSR count). The van der Waals surface area contributed by atoms with E-state index in [9.17, 15) is 19.2 Å². The fraction of sp³-hybridized carbons (Fsp3) is 0.439. The second-order valence-corrected chi connectivity index (χ2v) is 16.8. The molecule has 0 radical (unpaired) electrons. The molecule has 298 valence electrons. The number of fused-ring (bicyclic) bond motifs is 2. The van der Waals surface area contributed by atoms with Crippen molar-refractivity contribution in [1.82, 2.24) is 30.1 Å². The van der Waals surface area contributed by atoms with Crippen molar-refractivity contribution in [2.75, 3.05) is 66.2 Å². The lowest BCUT2D eigenvalue weighted by molar-refractivity contribution is -0.134. The number of aryl methyl sites for hydroxylation is 2. The van der Waals surface area contributed by atoms with Crippen LogP contribution in [-0.4, -0.2) is 106 Å². The minimum atomic E-state index is -0.281. The van der Waals surface area contributed by atoms with Crippen LogP contribution in [0.15, 0.2) is 54.7 Å². The third-order valence-corrected chi connectivity index (χ3v) is 12.7. The molecule has 2 aromatic heterocycles. The lowest BCUT2D eigenvalue weighted by Gasteiger charge is -2.36. The molecule has 4 saturated heterocycles. The van der Waals surface area contributed by atoms with E-state index in [0.717, 1.165) is 87.7 Å². The molecule has 3 N–H and O–H groups in total. The smallest absolute Gasteiger partial charge is 0.267 e. The van der Waals surface area contributed by atoms with Gasteiger partial charge in [0.15, 0.2) is 5.13 Å². The van der Waals surface area contributed by atoms with E-state index in [0.29, 0.717) is 57.7 Å². The van der Waals surface area contributed by atoms with Crippen LogP contribution in [0.2, 0.25) is 5.02 Å². The molecule has 2 bridgehead atoms. The number of nitrogens with one attached hydrogen (secondary N) is 3. The van der Waals surface area contributed by atoms with Crippen LogP contribution in [0.4, 0.5) is 28.1 Å². The maximum absolute atomic E-state index is 13.3. The zero-order valence-electron chi connectivity index (χ0n) is 32.2. The van der Waals surface area contributed by atoms with E-state index >= 15 is 0 Å². The Morgan fingerprint density at radius 3 is 2.53 bits per heavy atom. The van der Waals surface area contributed by atoms with E-state index in [1.807, 2.05) is 44.2 Å². The first-order valence-corrected chi connectivity index (χ1v) is 20.9. The average Bonchev–Trinajstić information content (AvgIpc) is 3.95. The Bertz CT molecular complexity index is 2140. The summed E-state index contributed by atoms with van der Waals surface area (Å²) in [5, 5.41) is 9.63. The topological polar surface area (TPSA) is 156 Å². The molecule has 4 aromatic rings. The van der Waals surface area contributed by atoms with Crippen LogP contribution in [0.1, 0.15) is 71.1 Å². The summed E-state index contributed by atoms with van der Waals surface area (Å²) in [5.74, 6) is 1.40. The molecule has 0 saturated carbocycles. The van der Waals surface area contributed by atoms with Crippen molar-refractivity contribution >= 4 is 74.7 Å². The molecular weight excluding hydrogens is 764 g/mol. The number of likely N-dealkylation sites (tertiary alicyclic amines) is 1. The summed E-state index contributed by atoms with van der Waals surface area (Å²) < 4.78 is 0. The number of amides is 4. The first kappa shape index (κ1) is 38.7. The normalized spacial score (nSPS) is 20.9. The highest BCUT2D eigenvalue weighted by Crippen LogP contribution is 2.36. The number of carbonyl (C=O) groups is 4. The van der Waals surface area contributed by atoms with Gasteiger partial charge in [0.1, 0.15) is 22.3 Å². The number of piperazine rings is 2. The summed E-state index contributed by atoms with van der Waals surface area (Å²) in [6.07, 6.45) is 5.87. The number of nitrogens with zero attached hydrogens (tertiary/aromatic N) is 7. The summed E-state index contributed by atoms with van der Waals surface area (Å²) in [7, 11) is 0. The van der Waals surface area contributed by atoms with Crippen molar-refractivity contribution in [2.45, 2.75) is 70.4 Å². The number of para-hydroxylation sites is 1. The molecule has 6 heterocycles. The summed E-state index contributed by atoms with van der Waals surface area (Å²) in [6, 6.07) is 16.1. The van der Waals surface area contributed by atoms with Crippen molar-refractivity contribution < 1.29 is 19.2 Å². The third kappa shape index (κ3) is 8.75. The minimum Gasteiger partial charge on any atom is -0.365 e. The van der Waals surface area contributed by atoms with Crippen molar-refractivity contribution in [1.29, 1.82) is 0 Å². The Hall–Kier alpha value is -5.12. The average molecular weight is 811 g/mol. The Labute approximate surface area is 341 Å². The number of halogens is 1. The summed E-state index contributed by atoms with van der Waals surface area (Å²) in [6.45, 7) is 9.81. The molecule has 0 spiro atoms. The van der Waals surface area contributed by atoms with E-state index in [-0.39, 0.29) is 35.6 Å². The van der Waals surface area contributed by atoms with E-state index in [1.165, 1.54) is 11.3 Å². The third-order valence-electron chi connectivity index (χ3n) is 11.5. The summed E-state index contributed by atoms with van der Waals surface area (Å²) in [4.78, 5) is 73.4. The van der Waals surface area contributed by atoms with Gasteiger partial charge in [0.2, 0.25) is 17.7 Å². The highest BCUT2D eigenvalue weighted by atomic mass is 35.5. The lowest BCUT2D eigenvalue weighted by Crippen LogP contribution is -2.49. The van der Waals surface area contributed by atoms with Crippen LogP contribution in [0, 0.1) is 13.8 Å². The molecule has 14 nitrogen and oxygen atoms in total. The molecule has 4 aliphatic rings. The van der Waals surface area contributed by atoms with Gasteiger partial charge < -0.3 is 25.3 Å². The molecule has 57 heavy (non-hydrogen) atoms. The summed E-state index contributed by atoms with van der Waals surface area (Å²) in [5.41, 5.74) is 3.53. The number of unbranched alkanes of at least 4 members (excludes halogenated alkanes) is 1. The van der Waals surface area contributed by atoms with E-state index in [1.54, 1.807) is 12.3 Å². The predicted octanol–water partition coefficient (Wildman–Crippen LogP) is 5.50. The van der Waals surface area contributed by atoms with Gasteiger partial charge in [-0.25, -0.2) is 15.0 Å². The Morgan fingerprint density at radius 1 is 0.982 bits per heavy atom. The first-order chi connectivity index (χ1) is 27.6. The van der Waals surface area contributed by atoms with Gasteiger partial charge in [-0.1, -0.05) is 47.2 Å². The van der Waals surface area contributed by atoms with Crippen LogP contribution in [0.25, 0.3) is 0 Å². The van der Waals surface area contributed by atoms with Crippen molar-refractivity contribution in [3.63, 3.8) is 0 Å². The molecule has 16 heteroatoms. The molecule has 4 amide bonds. The largest absolute Gasteiger partial charge is 0.365 e. The number of aromatic nitrogens is 3. The Balaban J connectivity index is 0.751. The second kappa shape index (κ2) is 16.8. The molecule has 4 aliphatic heterocycles. The molecule has 2 aromatic carbocycles. The number of imide groups is 1. The number of carbonyl (C=O) groups excluding carboxylic acids is 4. The Morgan fingerprint density at radius 2 is 1.79 bits per heavy atom. The SMILES string of the molecule is Cc1nc(Nc2ncc(C(=O)Nc3c(C)cccc3Cl)s2)cc(N2CCN(CCCCC(=O)N3CC4CC3CN4c3ccc(C4CCC(=O)NC4=O)cc3)CC2)n1. The number of piperidine rings is 1. The molecule has 0 aliphatic carbocycles. The highest BCUT2D eigenvalue weighted by molar-refractivity contribution is 7.17. The molecular formula is C41H47ClN10O4S. The molecule has 3 atom stereocenters. The van der Waals surface area contributed by atoms with Crippen LogP contribution < -0.4 is 25.8 Å². The summed E-state index contributed by atoms with van der Waals surface area (Å²) >= 11 is 7.54. The Kier molecular flexibility index (Phi) is 11.4. The van der Waals surface area contributed by atoms with Gasteiger partial charge in [-0.15, -0.1) is 0 Å². The van der Waals surface area contributed by atoms with Gasteiger partial charge >= 0.3 is 0 Å². The van der Waals surface area contributed by atoms with Crippen molar-refractivity contribution in [2.24, 2.45) is 0 Å². The number of anilines is 5. The van der Waals surface area contributed by atoms with Crippen molar-refractivity contribution in [3.05, 3.63) is 81.6 Å². The zero-order chi connectivity index (χ0) is 39.6. The highest BCUT2D eigenvalue weighted by Gasteiger charge is 2.45. The van der Waals surface area contributed by atoms with Gasteiger partial charge in [-0.3, -0.25) is 29.4 Å². The number of rotatable bonds is 12. The monoisotopic (exact) mass is 810 g/mol. The minimum absolute atomic E-state index is 0.200. The quantitative estimate of drug-likeness (QED) is 0.123. The van der Waals surface area contributed by atoms with Crippen LogP contribution in [-0.2, 0) is 14.4 Å². The fourth-order valence-corrected chi connectivity index (χ4v) is 9.43. The second-order valence-electron chi connectivity index (χ2n) is 15.3. The van der Waals surface area contributed by atoms with Crippen molar-refractivity contribution in [3.8, 4) is 0 Å². The van der Waals surface area contributed by atoms with Crippen LogP contribution in [0.5, 0.6) is 0 Å². The van der Waals surface area contributed by atoms with Gasteiger partial charge in [-0.05, 0) is 75.4 Å². The van der Waals surface area contributed by atoms with Gasteiger partial charge in [0.05, 0.1) is 28.9 Å². The van der Waals surface area contributed by atoms with E-state index in [4.69, 9.17) is 16.6 Å². The molecule has 4 fully saturated rings. The predicted molar refractivity (Wildman–Crippen MR) is 222 cm³/mol. The van der Waals surface area contributed by atoms with Crippen LogP contribution in [0.3, 0.4) is 0 Å². The number of benzene rings is 2. The van der Waals surface area contributed by atoms with Crippen LogP contribution >= 0.6 is 22.9 Å². The lowest BCUT2D eigenvalue weighted by atomic mass is 9.90. The maximum Gasteiger partial charge on any atom is 0.267 e. The maximum atomic E-state index is 13.3. The van der Waals surface area contributed by atoms with Gasteiger partial charge in [0, 0.05) is 69.9 Å². The van der Waals surface area contributed by atoms with Gasteiger partial charge in [-0.2, -0.15) is 0 Å².